The summed E-state index contributed by atoms with van der Waals surface area (Å²) in [7, 11) is 1.51. The summed E-state index contributed by atoms with van der Waals surface area (Å²) in [6, 6.07) is 4.68. The van der Waals surface area contributed by atoms with Crippen molar-refractivity contribution in [2.45, 2.75) is 0 Å². The third-order valence-electron chi connectivity index (χ3n) is 1.84. The first-order valence-corrected chi connectivity index (χ1v) is 4.51. The zero-order valence-electron chi connectivity index (χ0n) is 7.99. The van der Waals surface area contributed by atoms with Crippen LogP contribution < -0.4 is 15.2 Å². The van der Waals surface area contributed by atoms with Gasteiger partial charge < -0.3 is 14.8 Å². The molecule has 0 atom stereocenters. The van der Waals surface area contributed by atoms with Crippen LogP contribution in [0.3, 0.4) is 0 Å². The lowest BCUT2D eigenvalue weighted by atomic mass is 10.2. The molecule has 0 bridgehead atoms. The van der Waals surface area contributed by atoms with Crippen molar-refractivity contribution in [1.82, 2.24) is 0 Å². The Morgan fingerprint density at radius 3 is 2.80 bits per heavy atom. The molecular weight excluding hydrogens is 220 g/mol. The number of carboxylic acids is 1. The largest absolute Gasteiger partial charge is 0.548 e. The van der Waals surface area contributed by atoms with E-state index in [9.17, 15) is 14.8 Å². The number of anilines is 1. The van der Waals surface area contributed by atoms with Crippen molar-refractivity contribution in [3.05, 3.63) is 28.1 Å². The molecule has 0 fully saturated rings. The van der Waals surface area contributed by atoms with Gasteiger partial charge in [-0.15, -0.1) is 0 Å². The molecule has 1 aromatic rings. The minimum absolute atomic E-state index is 0.228. The van der Waals surface area contributed by atoms with Gasteiger partial charge in [-0.2, -0.15) is 0 Å². The predicted molar refractivity (Wildman–Crippen MR) is 53.7 cm³/mol. The van der Waals surface area contributed by atoms with Crippen LogP contribution in [0.4, 0.5) is 11.4 Å². The third kappa shape index (κ3) is 2.66. The van der Waals surface area contributed by atoms with Crippen molar-refractivity contribution in [3.8, 4) is 0 Å². The average Bonchev–Trinajstić information content (AvgIpc) is 2.15. The number of nitrogens with zero attached hydrogens (tertiary/aromatic N) is 1. The van der Waals surface area contributed by atoms with Gasteiger partial charge in [0.25, 0.3) is 5.69 Å². The lowest BCUT2D eigenvalue weighted by Crippen LogP contribution is -2.56. The smallest absolute Gasteiger partial charge is 0.278 e. The van der Waals surface area contributed by atoms with E-state index >= 15 is 0 Å². The molecule has 80 valence electrons. The van der Waals surface area contributed by atoms with Crippen molar-refractivity contribution >= 4 is 28.9 Å². The van der Waals surface area contributed by atoms with Crippen molar-refractivity contribution < 1.29 is 15.1 Å². The molecular formula is C9H9ClN2O3. The van der Waals surface area contributed by atoms with E-state index in [0.29, 0.717) is 10.7 Å². The van der Waals surface area contributed by atoms with Gasteiger partial charge in [0.1, 0.15) is 5.69 Å². The molecule has 1 rings (SSSR count). The molecule has 0 amide bonds. The van der Waals surface area contributed by atoms with E-state index < -0.39 is 5.97 Å². The number of halogens is 1. The number of carboxylic acid groups (broad SMARTS) is 1. The number of para-hydroxylation sites is 1. The maximum absolute atomic E-state index is 10.6. The molecule has 5 nitrogen and oxygen atoms in total. The van der Waals surface area contributed by atoms with Crippen molar-refractivity contribution in [3.63, 3.8) is 0 Å². The lowest BCUT2D eigenvalue weighted by molar-refractivity contribution is -0.378. The van der Waals surface area contributed by atoms with Gasteiger partial charge in [-0.05, 0) is 6.07 Å². The fourth-order valence-electron chi connectivity index (χ4n) is 1.26. The van der Waals surface area contributed by atoms with Gasteiger partial charge in [-0.1, -0.05) is 17.7 Å². The predicted octanol–water partition coefficient (Wildman–Crippen LogP) is -0.995. The number of hydrogen-bond donors (Lipinski definition) is 1. The number of nitroso groups, excluding NO2 is 1. The van der Waals surface area contributed by atoms with Crippen LogP contribution in [0.15, 0.2) is 18.2 Å². The maximum atomic E-state index is 10.6. The van der Waals surface area contributed by atoms with Gasteiger partial charge >= 0.3 is 0 Å². The topological polar surface area (TPSA) is 74.4 Å². The van der Waals surface area contributed by atoms with E-state index in [1.807, 2.05) is 0 Å². The third-order valence-corrected chi connectivity index (χ3v) is 2.15. The summed E-state index contributed by atoms with van der Waals surface area (Å²) in [6.45, 7) is -0.335. The van der Waals surface area contributed by atoms with Crippen molar-refractivity contribution in [1.29, 1.82) is 0 Å². The summed E-state index contributed by atoms with van der Waals surface area (Å²) in [6.07, 6.45) is 0. The Labute approximate surface area is 91.2 Å². The number of hydrogen-bond acceptors (Lipinski definition) is 4. The Morgan fingerprint density at radius 2 is 2.27 bits per heavy atom. The molecule has 15 heavy (non-hydrogen) atoms. The zero-order chi connectivity index (χ0) is 11.4. The molecule has 0 saturated carbocycles. The van der Waals surface area contributed by atoms with Gasteiger partial charge in [-0.25, -0.2) is 0 Å². The SMILES string of the molecule is CN(CC(=O)[O-])c1c(Cl)cccc1[NH+]=O. The van der Waals surface area contributed by atoms with Crippen molar-refractivity contribution in [2.75, 3.05) is 18.5 Å². The minimum Gasteiger partial charge on any atom is -0.548 e. The highest BCUT2D eigenvalue weighted by Crippen LogP contribution is 2.29. The monoisotopic (exact) mass is 228 g/mol. The first-order chi connectivity index (χ1) is 7.06. The summed E-state index contributed by atoms with van der Waals surface area (Å²) < 4.78 is 0. The Balaban J connectivity index is 3.10. The molecule has 0 spiro atoms. The van der Waals surface area contributed by atoms with Crippen LogP contribution in [-0.2, 0) is 4.79 Å². The second-order valence-electron chi connectivity index (χ2n) is 2.97. The molecule has 0 radical (unpaired) electrons. The van der Waals surface area contributed by atoms with E-state index in [0.717, 1.165) is 0 Å². The standard InChI is InChI=1S/C9H9ClN2O3/c1-12(5-8(13)14)9-6(10)3-2-4-7(9)11-15/h2-4H,5H2,1H3,(H,13,14). The van der Waals surface area contributed by atoms with Gasteiger partial charge in [0.2, 0.25) is 0 Å². The summed E-state index contributed by atoms with van der Waals surface area (Å²) in [5.41, 5.74) is 0.574. The highest BCUT2D eigenvalue weighted by Gasteiger charge is 2.16. The first kappa shape index (κ1) is 11.5. The number of rotatable bonds is 4. The quantitative estimate of drug-likeness (QED) is 0.718. The molecule has 0 aliphatic rings. The van der Waals surface area contributed by atoms with Gasteiger partial charge in [0.15, 0.2) is 0 Å². The summed E-state index contributed by atoms with van der Waals surface area (Å²) in [4.78, 5) is 22.3. The van der Waals surface area contributed by atoms with Crippen LogP contribution in [0.1, 0.15) is 0 Å². The molecule has 1 aromatic carbocycles. The highest BCUT2D eigenvalue weighted by molar-refractivity contribution is 6.33. The van der Waals surface area contributed by atoms with E-state index in [2.05, 4.69) is 0 Å². The summed E-state index contributed by atoms with van der Waals surface area (Å²) in [5.74, 6) is -1.24. The average molecular weight is 229 g/mol. The second-order valence-corrected chi connectivity index (χ2v) is 3.37. The number of likely N-dealkylation sites (N-methyl/N-ethyl adjacent to an activating group) is 1. The molecule has 0 heterocycles. The van der Waals surface area contributed by atoms with Crippen LogP contribution in [0.5, 0.6) is 0 Å². The molecule has 0 aromatic heterocycles. The number of carbonyl (C=O) groups excluding carboxylic acids is 1. The second kappa shape index (κ2) is 4.75. The summed E-state index contributed by atoms with van der Waals surface area (Å²) in [5, 5.41) is 12.4. The molecule has 0 unspecified atom stereocenters. The number of nitrogens with one attached hydrogen (secondary N) is 1. The first-order valence-electron chi connectivity index (χ1n) is 4.14. The van der Waals surface area contributed by atoms with Gasteiger partial charge in [0, 0.05) is 23.2 Å². The van der Waals surface area contributed by atoms with Gasteiger partial charge in [-0.3, -0.25) is 0 Å². The van der Waals surface area contributed by atoms with Crippen LogP contribution in [0.25, 0.3) is 0 Å². The van der Waals surface area contributed by atoms with Gasteiger partial charge in [0.05, 0.1) is 17.5 Å². The van der Waals surface area contributed by atoms with E-state index in [-0.39, 0.29) is 12.2 Å². The Hall–Kier alpha value is -1.62. The Kier molecular flexibility index (Phi) is 3.62. The lowest BCUT2D eigenvalue weighted by Gasteiger charge is -2.19. The fraction of sp³-hybridized carbons (Fsp3) is 0.222. The van der Waals surface area contributed by atoms with Crippen molar-refractivity contribution in [2.24, 2.45) is 0 Å². The zero-order valence-corrected chi connectivity index (χ0v) is 8.75. The van der Waals surface area contributed by atoms with Crippen LogP contribution in [-0.4, -0.2) is 19.6 Å². The van der Waals surface area contributed by atoms with E-state index in [1.165, 1.54) is 18.0 Å². The maximum Gasteiger partial charge on any atom is 0.278 e. The van der Waals surface area contributed by atoms with Crippen LogP contribution in [0.2, 0.25) is 5.02 Å². The molecule has 0 aliphatic carbocycles. The van der Waals surface area contributed by atoms with Crippen LogP contribution in [0, 0.1) is 4.91 Å². The van der Waals surface area contributed by atoms with E-state index in [4.69, 9.17) is 11.6 Å². The Morgan fingerprint density at radius 1 is 1.60 bits per heavy atom. The molecule has 1 N–H and O–H groups in total. The Bertz CT molecular complexity index is 395. The normalized spacial score (nSPS) is 9.73. The number of benzene rings is 1. The molecule has 0 aliphatic heterocycles. The molecule has 0 saturated heterocycles. The van der Waals surface area contributed by atoms with Crippen LogP contribution >= 0.6 is 11.6 Å². The molecule has 6 heteroatoms. The minimum atomic E-state index is -1.24. The fourth-order valence-corrected chi connectivity index (χ4v) is 1.58. The number of carbonyl (C=O) groups is 1. The number of aliphatic carboxylic acids is 1. The van der Waals surface area contributed by atoms with E-state index in [1.54, 1.807) is 17.3 Å². The summed E-state index contributed by atoms with van der Waals surface area (Å²) >= 11 is 5.85. The highest BCUT2D eigenvalue weighted by atomic mass is 35.5.